The summed E-state index contributed by atoms with van der Waals surface area (Å²) in [6, 6.07) is 94.6. The predicted octanol–water partition coefficient (Wildman–Crippen LogP) is 21.7. The smallest absolute Gasteiger partial charge is 0.161 e. The van der Waals surface area contributed by atoms with Gasteiger partial charge in [0.25, 0.3) is 0 Å². The highest BCUT2D eigenvalue weighted by atomic mass is 16.3. The molecule has 0 N–H and O–H groups in total. The van der Waals surface area contributed by atoms with Gasteiger partial charge in [-0.1, -0.05) is 176 Å². The second kappa shape index (κ2) is 19.6. The van der Waals surface area contributed by atoms with Crippen LogP contribution in [0.5, 0.6) is 0 Å². The van der Waals surface area contributed by atoms with Crippen LogP contribution in [0.1, 0.15) is 0 Å². The lowest BCUT2D eigenvalue weighted by Gasteiger charge is -2.09. The van der Waals surface area contributed by atoms with Crippen LogP contribution in [-0.2, 0) is 0 Å². The molecule has 0 aliphatic heterocycles. The number of hydrogen-bond donors (Lipinski definition) is 0. The minimum atomic E-state index is 0.848. The van der Waals surface area contributed by atoms with Crippen LogP contribution < -0.4 is 0 Å². The molecule has 9 aromatic heterocycles. The molecule has 0 spiro atoms. The summed E-state index contributed by atoms with van der Waals surface area (Å²) >= 11 is 0. The van der Waals surface area contributed by atoms with Crippen LogP contribution in [0.25, 0.3) is 181 Å². The van der Waals surface area contributed by atoms with Crippen molar-refractivity contribution in [2.75, 3.05) is 0 Å². The molecule has 0 unspecified atom stereocenters. The van der Waals surface area contributed by atoms with E-state index in [9.17, 15) is 0 Å². The van der Waals surface area contributed by atoms with Crippen LogP contribution in [-0.4, -0.2) is 28.7 Å². The standard InChI is InChI=1S/3C27H16N2O/c1-2-8-17(9-3-1)29-23-12-6-4-11-21(23)25-26(29)19-14-15-20-18-10-5-7-13-24(18)30-27(20)22(19)16-28-25;1-2-8-17(9-3-1)29-23-12-6-4-10-18(23)22-16-28-25-21(26(22)29)15-14-20-19-11-5-7-13-24(19)30-27(20)25;1-2-8-17(9-3-1)29-23-12-6-4-10-18(23)20-14-15-21-25(26(20)29)28-16-22-19-11-5-7-13-24(19)30-27(21)22/h3*1-16H. The summed E-state index contributed by atoms with van der Waals surface area (Å²) in [5.74, 6) is 0. The Morgan fingerprint density at radius 2 is 0.522 bits per heavy atom. The van der Waals surface area contributed by atoms with Crippen LogP contribution in [0.4, 0.5) is 0 Å². The van der Waals surface area contributed by atoms with Crippen molar-refractivity contribution in [3.8, 4) is 17.1 Å². The summed E-state index contributed by atoms with van der Waals surface area (Å²) in [4.78, 5) is 14.8. The number of nitrogens with zero attached hydrogens (tertiary/aromatic N) is 6. The molecule has 9 heteroatoms. The lowest BCUT2D eigenvalue weighted by Crippen LogP contribution is -1.94. The Hall–Kier alpha value is -12.3. The molecule has 0 aliphatic carbocycles. The van der Waals surface area contributed by atoms with Crippen molar-refractivity contribution >= 4 is 164 Å². The molecule has 9 nitrogen and oxygen atoms in total. The second-order valence-electron chi connectivity index (χ2n) is 22.9. The van der Waals surface area contributed by atoms with Gasteiger partial charge in [-0.3, -0.25) is 15.0 Å². The molecular formula is C81H48N6O3. The summed E-state index contributed by atoms with van der Waals surface area (Å²) in [5, 5.41) is 16.9. The third-order valence-electron chi connectivity index (χ3n) is 18.1. The van der Waals surface area contributed by atoms with E-state index in [0.29, 0.717) is 0 Å². The van der Waals surface area contributed by atoms with Gasteiger partial charge in [-0.2, -0.15) is 0 Å². The lowest BCUT2D eigenvalue weighted by atomic mass is 10.1. The van der Waals surface area contributed by atoms with Gasteiger partial charge < -0.3 is 27.0 Å². The van der Waals surface area contributed by atoms with Gasteiger partial charge in [0.05, 0.1) is 44.1 Å². The van der Waals surface area contributed by atoms with E-state index in [1.807, 2.05) is 79.3 Å². The molecule has 0 aliphatic rings. The molecule has 420 valence electrons. The number of hydrogen-bond acceptors (Lipinski definition) is 6. The van der Waals surface area contributed by atoms with Gasteiger partial charge in [0.15, 0.2) is 5.58 Å². The number of fused-ring (bicyclic) bond motifs is 27. The summed E-state index contributed by atoms with van der Waals surface area (Å²) in [7, 11) is 0. The van der Waals surface area contributed by atoms with Crippen LogP contribution >= 0.6 is 0 Å². The van der Waals surface area contributed by atoms with E-state index in [0.717, 1.165) is 154 Å². The molecule has 9 heterocycles. The Morgan fingerprint density at radius 3 is 1.07 bits per heavy atom. The van der Waals surface area contributed by atoms with Crippen molar-refractivity contribution in [2.45, 2.75) is 0 Å². The highest BCUT2D eigenvalue weighted by Gasteiger charge is 2.23. The van der Waals surface area contributed by atoms with Crippen LogP contribution in [0.2, 0.25) is 0 Å². The average molecular weight is 1150 g/mol. The highest BCUT2D eigenvalue weighted by Crippen LogP contribution is 2.44. The van der Waals surface area contributed by atoms with Gasteiger partial charge in [-0.25, -0.2) is 0 Å². The van der Waals surface area contributed by atoms with Crippen LogP contribution in [0, 0.1) is 0 Å². The van der Waals surface area contributed by atoms with Crippen molar-refractivity contribution in [3.05, 3.63) is 292 Å². The number of para-hydroxylation sites is 9. The minimum Gasteiger partial charge on any atom is -0.455 e. The van der Waals surface area contributed by atoms with E-state index >= 15 is 0 Å². The fourth-order valence-corrected chi connectivity index (χ4v) is 14.2. The Bertz CT molecular complexity index is 5840. The quantitative estimate of drug-likeness (QED) is 0.175. The Morgan fingerprint density at radius 1 is 0.200 bits per heavy atom. The van der Waals surface area contributed by atoms with E-state index < -0.39 is 0 Å². The zero-order valence-corrected chi connectivity index (χ0v) is 48.1. The Balaban J connectivity index is 0.0000000972. The SMILES string of the molecule is c1ccc(-n2c3ccccc3c3ccc4c(ncc5c6ccccc6oc54)c32)cc1.c1ccc(-n2c3ccccc3c3cnc4c(ccc5c6ccccc6oc54)c32)cc1.c1ccc(-n2c3ccccc3c3ncc4c(ccc5c6ccccc6oc54)c32)cc1. The summed E-state index contributed by atoms with van der Waals surface area (Å²) in [6.07, 6.45) is 5.91. The summed E-state index contributed by atoms with van der Waals surface area (Å²) in [5.41, 5.74) is 18.5. The number of benzene rings is 12. The first-order valence-corrected chi connectivity index (χ1v) is 30.2. The van der Waals surface area contributed by atoms with E-state index in [1.165, 1.54) is 27.2 Å². The molecule has 0 amide bonds. The molecule has 21 rings (SSSR count). The van der Waals surface area contributed by atoms with Crippen molar-refractivity contribution in [3.63, 3.8) is 0 Å². The van der Waals surface area contributed by atoms with Gasteiger partial charge >= 0.3 is 0 Å². The first-order chi connectivity index (χ1) is 44.7. The van der Waals surface area contributed by atoms with E-state index in [1.54, 1.807) is 0 Å². The maximum atomic E-state index is 6.29. The van der Waals surface area contributed by atoms with Crippen LogP contribution in [0.3, 0.4) is 0 Å². The van der Waals surface area contributed by atoms with Gasteiger partial charge in [0, 0.05) is 116 Å². The van der Waals surface area contributed by atoms with E-state index in [2.05, 4.69) is 226 Å². The van der Waals surface area contributed by atoms with Crippen molar-refractivity contribution in [2.24, 2.45) is 0 Å². The third-order valence-corrected chi connectivity index (χ3v) is 18.1. The Kier molecular flexibility index (Phi) is 10.9. The van der Waals surface area contributed by atoms with Gasteiger partial charge in [0.1, 0.15) is 33.4 Å². The molecule has 0 saturated heterocycles. The van der Waals surface area contributed by atoms with E-state index in [4.69, 9.17) is 28.2 Å². The maximum Gasteiger partial charge on any atom is 0.161 e. The van der Waals surface area contributed by atoms with Gasteiger partial charge in [-0.15, -0.1) is 0 Å². The monoisotopic (exact) mass is 1150 g/mol. The number of furan rings is 3. The van der Waals surface area contributed by atoms with Gasteiger partial charge in [-0.05, 0) is 97.1 Å². The number of aromatic nitrogens is 6. The van der Waals surface area contributed by atoms with E-state index in [-0.39, 0.29) is 0 Å². The van der Waals surface area contributed by atoms with Crippen molar-refractivity contribution < 1.29 is 13.3 Å². The van der Waals surface area contributed by atoms with Crippen molar-refractivity contribution in [1.29, 1.82) is 0 Å². The second-order valence-corrected chi connectivity index (χ2v) is 22.9. The molecule has 0 bridgehead atoms. The van der Waals surface area contributed by atoms with Crippen LogP contribution in [0.15, 0.2) is 305 Å². The molecule has 21 aromatic rings. The molecule has 90 heavy (non-hydrogen) atoms. The lowest BCUT2D eigenvalue weighted by molar-refractivity contribution is 0.671. The fraction of sp³-hybridized carbons (Fsp3) is 0. The molecule has 12 aromatic carbocycles. The molecule has 0 atom stereocenters. The third kappa shape index (κ3) is 7.34. The molecular weight excluding hydrogens is 1100 g/mol. The molecule has 0 saturated carbocycles. The van der Waals surface area contributed by atoms with Gasteiger partial charge in [0.2, 0.25) is 0 Å². The topological polar surface area (TPSA) is 92.9 Å². The predicted molar refractivity (Wildman–Crippen MR) is 370 cm³/mol. The fourth-order valence-electron chi connectivity index (χ4n) is 14.2. The first kappa shape index (κ1) is 49.9. The van der Waals surface area contributed by atoms with Crippen molar-refractivity contribution in [1.82, 2.24) is 28.7 Å². The molecule has 0 radical (unpaired) electrons. The summed E-state index contributed by atoms with van der Waals surface area (Å²) in [6.45, 7) is 0. The maximum absolute atomic E-state index is 6.29. The minimum absolute atomic E-state index is 0.848. The normalized spacial score (nSPS) is 12.0. The first-order valence-electron chi connectivity index (χ1n) is 30.2. The number of pyridine rings is 3. The highest BCUT2D eigenvalue weighted by molar-refractivity contribution is 6.26. The zero-order chi connectivity index (χ0) is 59.0. The average Bonchev–Trinajstić information content (AvgIpc) is 1.62. The molecule has 0 fully saturated rings. The zero-order valence-electron chi connectivity index (χ0n) is 48.1. The largest absolute Gasteiger partial charge is 0.455 e. The Labute approximate surface area is 511 Å². The summed E-state index contributed by atoms with van der Waals surface area (Å²) < 4.78 is 25.8. The number of rotatable bonds is 3.